The Labute approximate surface area is 158 Å². The van der Waals surface area contributed by atoms with Gasteiger partial charge in [0, 0.05) is 18.2 Å². The average molecular weight is 366 g/mol. The second kappa shape index (κ2) is 7.43. The number of H-pyrrole nitrogens is 1. The van der Waals surface area contributed by atoms with Gasteiger partial charge in [0.25, 0.3) is 0 Å². The molecule has 0 bridgehead atoms. The first-order chi connectivity index (χ1) is 12.7. The van der Waals surface area contributed by atoms with Crippen LogP contribution in [0.15, 0.2) is 54.6 Å². The molecule has 2 aromatic carbocycles. The minimum Gasteiger partial charge on any atom is -0.497 e. The normalized spacial score (nSPS) is 17.5. The van der Waals surface area contributed by atoms with E-state index < -0.39 is 0 Å². The molecular formula is C20H22N4OS. The van der Waals surface area contributed by atoms with Crippen molar-refractivity contribution in [3.63, 3.8) is 0 Å². The fourth-order valence-electron chi connectivity index (χ4n) is 3.56. The Morgan fingerprint density at radius 1 is 1.15 bits per heavy atom. The van der Waals surface area contributed by atoms with Gasteiger partial charge in [-0.3, -0.25) is 10.00 Å². The van der Waals surface area contributed by atoms with Crippen LogP contribution in [0.2, 0.25) is 0 Å². The molecule has 1 fully saturated rings. The number of aromatic amines is 1. The number of rotatable bonds is 5. The zero-order valence-electron chi connectivity index (χ0n) is 14.8. The van der Waals surface area contributed by atoms with Gasteiger partial charge in [-0.05, 0) is 42.8 Å². The molecule has 1 aromatic heterocycles. The Morgan fingerprint density at radius 2 is 1.92 bits per heavy atom. The summed E-state index contributed by atoms with van der Waals surface area (Å²) in [5.41, 5.74) is 2.36. The molecule has 1 aliphatic heterocycles. The summed E-state index contributed by atoms with van der Waals surface area (Å²) < 4.78 is 7.82. The average Bonchev–Trinajstić information content (AvgIpc) is 3.30. The highest BCUT2D eigenvalue weighted by atomic mass is 32.1. The predicted molar refractivity (Wildman–Crippen MR) is 105 cm³/mol. The molecule has 1 N–H and O–H groups in total. The number of nitrogens with one attached hydrogen (secondary N) is 1. The van der Waals surface area contributed by atoms with E-state index in [2.05, 4.69) is 27.1 Å². The van der Waals surface area contributed by atoms with Crippen molar-refractivity contribution in [3.8, 4) is 17.1 Å². The number of nitrogens with zero attached hydrogens (tertiary/aromatic N) is 3. The van der Waals surface area contributed by atoms with Crippen LogP contribution in [0.4, 0.5) is 0 Å². The number of hydrogen-bond donors (Lipinski definition) is 1. The van der Waals surface area contributed by atoms with E-state index in [0.29, 0.717) is 10.8 Å². The third-order valence-electron chi connectivity index (χ3n) is 4.91. The maximum Gasteiger partial charge on any atom is 0.217 e. The summed E-state index contributed by atoms with van der Waals surface area (Å²) in [4.78, 5) is 6.97. The molecule has 0 aliphatic carbocycles. The first-order valence-electron chi connectivity index (χ1n) is 8.85. The van der Waals surface area contributed by atoms with Crippen molar-refractivity contribution in [1.29, 1.82) is 0 Å². The van der Waals surface area contributed by atoms with E-state index in [1.807, 2.05) is 47.1 Å². The van der Waals surface area contributed by atoms with Crippen LogP contribution in [0.1, 0.15) is 24.4 Å². The first-order valence-corrected chi connectivity index (χ1v) is 9.26. The quantitative estimate of drug-likeness (QED) is 0.680. The van der Waals surface area contributed by atoms with Gasteiger partial charge in [0.1, 0.15) is 5.75 Å². The van der Waals surface area contributed by atoms with Crippen LogP contribution < -0.4 is 4.74 Å². The minimum absolute atomic E-state index is 0.395. The third kappa shape index (κ3) is 3.43. The Kier molecular flexibility index (Phi) is 4.86. The fraction of sp³-hybridized carbons (Fsp3) is 0.300. The summed E-state index contributed by atoms with van der Waals surface area (Å²) >= 11 is 5.47. The molecule has 0 spiro atoms. The van der Waals surface area contributed by atoms with Gasteiger partial charge in [0.15, 0.2) is 5.82 Å². The predicted octanol–water partition coefficient (Wildman–Crippen LogP) is 4.41. The molecule has 6 heteroatoms. The van der Waals surface area contributed by atoms with Crippen LogP contribution in [-0.2, 0) is 6.67 Å². The highest BCUT2D eigenvalue weighted by Gasteiger charge is 2.26. The van der Waals surface area contributed by atoms with Crippen molar-refractivity contribution in [2.24, 2.45) is 0 Å². The molecule has 4 rings (SSSR count). The lowest BCUT2D eigenvalue weighted by molar-refractivity contribution is 0.190. The lowest BCUT2D eigenvalue weighted by Crippen LogP contribution is -2.26. The number of methoxy groups -OCH3 is 1. The van der Waals surface area contributed by atoms with Crippen LogP contribution in [0.5, 0.6) is 5.75 Å². The molecule has 1 atom stereocenters. The molecule has 0 amide bonds. The van der Waals surface area contributed by atoms with E-state index in [1.54, 1.807) is 7.11 Å². The monoisotopic (exact) mass is 366 g/mol. The van der Waals surface area contributed by atoms with Gasteiger partial charge in [0.2, 0.25) is 4.77 Å². The lowest BCUT2D eigenvalue weighted by Gasteiger charge is -2.25. The van der Waals surface area contributed by atoms with Gasteiger partial charge < -0.3 is 4.74 Å². The summed E-state index contributed by atoms with van der Waals surface area (Å²) in [5.74, 6) is 1.71. The molecule has 3 aromatic rings. The smallest absolute Gasteiger partial charge is 0.217 e. The van der Waals surface area contributed by atoms with Crippen molar-refractivity contribution in [2.45, 2.75) is 25.6 Å². The number of benzene rings is 2. The molecule has 134 valence electrons. The van der Waals surface area contributed by atoms with Crippen LogP contribution >= 0.6 is 12.2 Å². The van der Waals surface area contributed by atoms with Crippen molar-refractivity contribution in [2.75, 3.05) is 13.7 Å². The summed E-state index contributed by atoms with van der Waals surface area (Å²) in [6.45, 7) is 1.77. The minimum atomic E-state index is 0.395. The molecule has 0 saturated carbocycles. The van der Waals surface area contributed by atoms with E-state index >= 15 is 0 Å². The fourth-order valence-corrected chi connectivity index (χ4v) is 3.75. The number of likely N-dealkylation sites (tertiary alicyclic amines) is 1. The standard InChI is InChI=1S/C20H22N4OS/c1-25-17-11-9-15(10-12-17)18-8-5-13-23(18)14-24-20(26)21-19(22-24)16-6-3-2-4-7-16/h2-4,6-7,9-12,18H,5,8,13-14H2,1H3,(H,21,22,26)/t18-/m0/s1. The Balaban J connectivity index is 1.54. The van der Waals surface area contributed by atoms with E-state index in [1.165, 1.54) is 12.0 Å². The second-order valence-corrected chi connectivity index (χ2v) is 6.90. The zero-order valence-corrected chi connectivity index (χ0v) is 15.6. The van der Waals surface area contributed by atoms with Crippen molar-refractivity contribution in [3.05, 3.63) is 64.9 Å². The molecule has 2 heterocycles. The zero-order chi connectivity index (χ0) is 17.9. The second-order valence-electron chi connectivity index (χ2n) is 6.53. The SMILES string of the molecule is COc1ccc([C@@H]2CCCN2Cn2[nH]c(-c3ccccc3)nc2=S)cc1. The summed E-state index contributed by atoms with van der Waals surface area (Å²) in [6.07, 6.45) is 2.34. The van der Waals surface area contributed by atoms with E-state index in [0.717, 1.165) is 36.8 Å². The Hall–Kier alpha value is -2.44. The van der Waals surface area contributed by atoms with E-state index in [-0.39, 0.29) is 0 Å². The molecule has 1 saturated heterocycles. The maximum absolute atomic E-state index is 5.47. The number of hydrogen-bond acceptors (Lipinski definition) is 4. The van der Waals surface area contributed by atoms with Crippen LogP contribution in [0.25, 0.3) is 11.4 Å². The lowest BCUT2D eigenvalue weighted by atomic mass is 10.0. The molecule has 0 unspecified atom stereocenters. The number of ether oxygens (including phenoxy) is 1. The van der Waals surface area contributed by atoms with Gasteiger partial charge in [0.05, 0.1) is 13.8 Å². The van der Waals surface area contributed by atoms with Gasteiger partial charge >= 0.3 is 0 Å². The molecular weight excluding hydrogens is 344 g/mol. The van der Waals surface area contributed by atoms with Crippen LogP contribution in [-0.4, -0.2) is 33.3 Å². The highest BCUT2D eigenvalue weighted by molar-refractivity contribution is 7.71. The first kappa shape index (κ1) is 17.0. The molecule has 5 nitrogen and oxygen atoms in total. The Bertz CT molecular complexity index is 917. The van der Waals surface area contributed by atoms with Crippen molar-refractivity contribution in [1.82, 2.24) is 19.7 Å². The largest absolute Gasteiger partial charge is 0.497 e. The topological polar surface area (TPSA) is 46.1 Å². The summed E-state index contributed by atoms with van der Waals surface area (Å²) in [7, 11) is 1.70. The van der Waals surface area contributed by atoms with E-state index in [9.17, 15) is 0 Å². The third-order valence-corrected chi connectivity index (χ3v) is 5.23. The Morgan fingerprint density at radius 3 is 2.65 bits per heavy atom. The molecule has 1 aliphatic rings. The van der Waals surface area contributed by atoms with E-state index in [4.69, 9.17) is 17.0 Å². The van der Waals surface area contributed by atoms with Crippen LogP contribution in [0.3, 0.4) is 0 Å². The van der Waals surface area contributed by atoms with Crippen LogP contribution in [0, 0.1) is 4.77 Å². The van der Waals surface area contributed by atoms with Crippen molar-refractivity contribution < 1.29 is 4.74 Å². The molecule has 26 heavy (non-hydrogen) atoms. The van der Waals surface area contributed by atoms with Gasteiger partial charge in [-0.15, -0.1) is 0 Å². The summed E-state index contributed by atoms with van der Waals surface area (Å²) in [6, 6.07) is 18.8. The van der Waals surface area contributed by atoms with Gasteiger partial charge in [-0.2, -0.15) is 4.98 Å². The highest BCUT2D eigenvalue weighted by Crippen LogP contribution is 2.33. The number of aromatic nitrogens is 3. The van der Waals surface area contributed by atoms with Crippen molar-refractivity contribution >= 4 is 12.2 Å². The molecule has 0 radical (unpaired) electrons. The summed E-state index contributed by atoms with van der Waals surface area (Å²) in [5, 5.41) is 3.35. The van der Waals surface area contributed by atoms with Gasteiger partial charge in [-0.1, -0.05) is 42.5 Å². The maximum atomic E-state index is 5.47. The van der Waals surface area contributed by atoms with Gasteiger partial charge in [-0.25, -0.2) is 4.68 Å².